The van der Waals surface area contributed by atoms with Gasteiger partial charge in [-0.1, -0.05) is 330 Å². The molecule has 0 spiro atoms. The van der Waals surface area contributed by atoms with Crippen LogP contribution in [0.15, 0.2) is 121 Å². The Morgan fingerprint density at radius 2 is 0.559 bits per heavy atom. The number of phenolic OH excluding ortho intramolecular Hbond substituents is 2. The molecule has 2 aromatic heterocycles. The van der Waals surface area contributed by atoms with Crippen molar-refractivity contribution in [2.45, 2.75) is 373 Å². The van der Waals surface area contributed by atoms with Crippen LogP contribution in [0.1, 0.15) is 369 Å². The van der Waals surface area contributed by atoms with E-state index in [4.69, 9.17) is 9.47 Å². The molecule has 0 saturated heterocycles. The van der Waals surface area contributed by atoms with Crippen LogP contribution in [0.5, 0.6) is 23.0 Å². The van der Waals surface area contributed by atoms with Crippen LogP contribution in [-0.4, -0.2) is 42.0 Å². The van der Waals surface area contributed by atoms with Gasteiger partial charge in [-0.2, -0.15) is 0 Å². The number of unbranched alkanes of at least 4 members (excludes halogenated alkanes) is 18. The van der Waals surface area contributed by atoms with E-state index in [1.807, 2.05) is 0 Å². The van der Waals surface area contributed by atoms with E-state index in [2.05, 4.69) is 310 Å². The standard InChI is InChI=1S/C109H154N2O4.2CH3.Hf/c1-27-29-31-33-35-37-39-41-43-45-48-76-60-74(3)100(90(62-76)88-64-82(108(23,24)72-102(5,6)7)70-96(98(88)112)110-92-66-78(104(11,12)13)50-54-84(92)85-55-51-79(67-93(85)110)105(14,15)16)114-58-47-59-115-101-75(4)61-77(49-46-44-42-40-38-36-34-32-30-28-2)63-91(101)89-65-83(109(25,26)73-103(8,9)10)71-97(99(89)113)111-94-68-80(106(17,18)19)52-56-86(94)87-57-53-81(69-95(87)111)107(20,21)22;;;/h50-57,60-71,112-113H,27-49,58-59,72-73H2,1-26H3;2*1H3;/q;2*-1;/p+2. The minimum Gasteiger partial charge on any atom is -0.582 e. The van der Waals surface area contributed by atoms with Gasteiger partial charge in [0.05, 0.1) is 44.6 Å². The van der Waals surface area contributed by atoms with Crippen LogP contribution in [0.4, 0.5) is 0 Å². The monoisotopic (exact) mass is 1770 g/mol. The number of phenols is 2. The van der Waals surface area contributed by atoms with Crippen molar-refractivity contribution < 1.29 is 45.5 Å². The minimum absolute atomic E-state index is 0. The molecular weight excluding hydrogens is 1600 g/mol. The fourth-order valence-electron chi connectivity index (χ4n) is 19.0. The first-order chi connectivity index (χ1) is 53.9. The number of fused-ring (bicyclic) bond motifs is 6. The van der Waals surface area contributed by atoms with Crippen LogP contribution >= 0.6 is 0 Å². The van der Waals surface area contributed by atoms with Crippen molar-refractivity contribution in [3.05, 3.63) is 192 Å². The topological polar surface area (TPSA) is 75.9 Å². The van der Waals surface area contributed by atoms with Crippen LogP contribution < -0.4 is 0 Å². The Kier molecular flexibility index (Phi) is 33.9. The Bertz CT molecular complexity index is 4510. The average Bonchev–Trinajstić information content (AvgIpc) is 1.58. The summed E-state index contributed by atoms with van der Waals surface area (Å²) in [4.78, 5) is 0. The number of aryl methyl sites for hydroxylation is 4. The number of benzene rings is 8. The van der Waals surface area contributed by atoms with Gasteiger partial charge in [0.15, 0.2) is 13.2 Å². The number of aromatic nitrogens is 2. The third kappa shape index (κ3) is 24.4. The zero-order valence-electron chi connectivity index (χ0n) is 79.8. The average molecular weight is 1770 g/mol. The Morgan fingerprint density at radius 3 is 0.814 bits per heavy atom. The minimum atomic E-state index is -0.273. The number of rotatable bonds is 36. The number of ether oxygens (including phenoxy) is 2. The molecule has 644 valence electrons. The van der Waals surface area contributed by atoms with Crippen molar-refractivity contribution >= 4 is 43.6 Å². The second kappa shape index (κ2) is 40.6. The first-order valence-corrected chi connectivity index (χ1v) is 45.5. The third-order valence-electron chi connectivity index (χ3n) is 25.0. The maximum absolute atomic E-state index is 13.9. The molecule has 0 bridgehead atoms. The molecule has 7 heteroatoms. The van der Waals surface area contributed by atoms with Gasteiger partial charge in [0.2, 0.25) is 0 Å². The predicted molar refractivity (Wildman–Crippen MR) is 516 cm³/mol. The molecule has 4 N–H and O–H groups in total. The summed E-state index contributed by atoms with van der Waals surface area (Å²) < 4.78 is 16.3. The number of nitrogens with zero attached hydrogens (tertiary/aromatic N) is 2. The summed E-state index contributed by atoms with van der Waals surface area (Å²) in [5, 5.41) is 32.5. The summed E-state index contributed by atoms with van der Waals surface area (Å²) in [6.45, 7) is 61.6. The van der Waals surface area contributed by atoms with Crippen molar-refractivity contribution in [3.63, 3.8) is 0 Å². The van der Waals surface area contributed by atoms with E-state index >= 15 is 0 Å². The van der Waals surface area contributed by atoms with Crippen molar-refractivity contribution in [2.24, 2.45) is 10.8 Å². The van der Waals surface area contributed by atoms with Crippen molar-refractivity contribution in [1.82, 2.24) is 9.13 Å². The summed E-state index contributed by atoms with van der Waals surface area (Å²) >= 11 is 0. The maximum atomic E-state index is 13.9. The molecule has 0 unspecified atom stereocenters. The molecule has 0 atom stereocenters. The number of hydrogen-bond donors (Lipinski definition) is 2. The Hall–Kier alpha value is -6.57. The quantitative estimate of drug-likeness (QED) is 0.0178. The summed E-state index contributed by atoms with van der Waals surface area (Å²) in [7, 11) is 0. The number of hydrogen-bond acceptors (Lipinski definition) is 2. The van der Waals surface area contributed by atoms with Gasteiger partial charge in [0, 0.05) is 69.6 Å². The second-order valence-corrected chi connectivity index (χ2v) is 43.2. The molecule has 10 aromatic rings. The molecule has 118 heavy (non-hydrogen) atoms. The van der Waals surface area contributed by atoms with Crippen LogP contribution in [0.25, 0.3) is 77.2 Å². The second-order valence-electron chi connectivity index (χ2n) is 43.2. The van der Waals surface area contributed by atoms with Gasteiger partial charge in [-0.25, -0.2) is 0 Å². The van der Waals surface area contributed by atoms with Gasteiger partial charge in [-0.3, -0.25) is 0 Å². The van der Waals surface area contributed by atoms with E-state index in [9.17, 15) is 10.2 Å². The molecule has 0 aliphatic carbocycles. The van der Waals surface area contributed by atoms with Gasteiger partial charge >= 0.3 is 0 Å². The maximum Gasteiger partial charge on any atom is 0.265 e. The number of aliphatic hydroxyl groups is 2. The summed E-state index contributed by atoms with van der Waals surface area (Å²) in [5.41, 5.74) is 21.0. The fourth-order valence-corrected chi connectivity index (χ4v) is 19.0. The van der Waals surface area contributed by atoms with E-state index in [1.54, 1.807) is 0 Å². The van der Waals surface area contributed by atoms with Crippen molar-refractivity contribution in [1.29, 1.82) is 0 Å². The smallest absolute Gasteiger partial charge is 0.265 e. The SMILES string of the molecule is CCCCCCCCCCCCc1cc(C)c([OH+]CCC[OH+]c2c(C)cc(CCCCCCCCCCCC)cc2-c2cc(C(C)(C)CC(C)(C)C)cc(-n3c4cc(C(C)(C)C)ccc4c4ccc(C(C)(C)C)cc43)c2O)c(-c2cc(C(C)(C)CC(C)(C)C)cc(-n3c4cc(C(C)(C)C)ccc4c4ccc(C(C)(C)C)cc43)c2O)c1.[CH3-].[CH3-].[Hf]. The van der Waals surface area contributed by atoms with Crippen molar-refractivity contribution in [3.8, 4) is 56.6 Å². The van der Waals surface area contributed by atoms with Crippen LogP contribution in [-0.2, 0) is 71.2 Å². The molecule has 0 amide bonds. The third-order valence-corrected chi connectivity index (χ3v) is 25.0. The summed E-state index contributed by atoms with van der Waals surface area (Å²) in [6, 6.07) is 47.0. The Labute approximate surface area is 738 Å². The van der Waals surface area contributed by atoms with Gasteiger partial charge in [-0.05, 0) is 213 Å². The predicted octanol–water partition coefficient (Wildman–Crippen LogP) is 33.3. The molecule has 0 saturated carbocycles. The fraction of sp³-hybridized carbons (Fsp3) is 0.550. The zero-order chi connectivity index (χ0) is 84.0. The molecule has 0 aliphatic rings. The molecule has 10 rings (SSSR count). The van der Waals surface area contributed by atoms with Crippen LogP contribution in [0, 0.1) is 39.5 Å². The molecule has 6 nitrogen and oxygen atoms in total. The first-order valence-electron chi connectivity index (χ1n) is 45.5. The molecule has 8 aromatic carbocycles. The summed E-state index contributed by atoms with van der Waals surface area (Å²) in [5.74, 6) is 2.41. The van der Waals surface area contributed by atoms with Crippen molar-refractivity contribution in [2.75, 3.05) is 13.2 Å². The van der Waals surface area contributed by atoms with E-state index in [1.165, 1.54) is 182 Å². The van der Waals surface area contributed by atoms with Gasteiger partial charge < -0.3 is 43.7 Å². The van der Waals surface area contributed by atoms with Gasteiger partial charge in [0.25, 0.3) is 11.5 Å². The van der Waals surface area contributed by atoms with Gasteiger partial charge in [-0.15, -0.1) is 0 Å². The molecule has 2 heterocycles. The number of aromatic hydroxyl groups is 4. The molecular formula is C111H162HfN2O4. The molecule has 0 aliphatic heterocycles. The van der Waals surface area contributed by atoms with Gasteiger partial charge in [0.1, 0.15) is 17.9 Å². The van der Waals surface area contributed by atoms with Crippen LogP contribution in [0.2, 0.25) is 0 Å². The summed E-state index contributed by atoms with van der Waals surface area (Å²) in [6.07, 6.45) is 30.3. The zero-order valence-corrected chi connectivity index (χ0v) is 83.4. The van der Waals surface area contributed by atoms with E-state index in [0.29, 0.717) is 19.6 Å². The molecule has 0 fully saturated rings. The van der Waals surface area contributed by atoms with E-state index in [0.717, 1.165) is 117 Å². The largest absolute Gasteiger partial charge is 0.582 e. The first kappa shape index (κ1) is 98.5. The Balaban J connectivity index is 0.00000641. The van der Waals surface area contributed by atoms with Crippen LogP contribution in [0.3, 0.4) is 0 Å². The van der Waals surface area contributed by atoms with E-state index in [-0.39, 0.29) is 95.5 Å². The van der Waals surface area contributed by atoms with E-state index < -0.39 is 0 Å². The molecule has 0 radical (unpaired) electrons. The Morgan fingerprint density at radius 1 is 0.297 bits per heavy atom. The normalized spacial score (nSPS) is 12.8.